The van der Waals surface area contributed by atoms with E-state index in [1.165, 1.54) is 32.2 Å². The zero-order valence-electron chi connectivity index (χ0n) is 41.4. The lowest BCUT2D eigenvalue weighted by molar-refractivity contribution is -0.401. The second-order valence-corrected chi connectivity index (χ2v) is 20.0. The van der Waals surface area contributed by atoms with Gasteiger partial charge in [-0.1, -0.05) is 50.2 Å². The Bertz CT molecular complexity index is 3140. The topological polar surface area (TPSA) is 271 Å². The molecule has 73 heavy (non-hydrogen) atoms. The molecule has 2 atom stereocenters. The first-order chi connectivity index (χ1) is 34.4. The Morgan fingerprint density at radius 1 is 0.890 bits per heavy atom. The van der Waals surface area contributed by atoms with Gasteiger partial charge >= 0.3 is 6.16 Å². The average molecular weight is 1020 g/mol. The zero-order valence-corrected chi connectivity index (χ0v) is 42.2. The number of carbonyl (C=O) groups excluding carboxylic acids is 3. The average Bonchev–Trinajstić information content (AvgIpc) is 3.66. The van der Waals surface area contributed by atoms with Crippen LogP contribution in [0.3, 0.4) is 0 Å². The molecule has 2 aliphatic heterocycles. The number of amides is 1. The lowest BCUT2D eigenvalue weighted by atomic mass is 9.77. The van der Waals surface area contributed by atoms with Crippen LogP contribution in [0.2, 0.25) is 0 Å². The molecule has 7 rings (SSSR count). The molecule has 1 aliphatic carbocycles. The number of non-ortho nitro benzene ring substituents is 1. The molecule has 0 saturated carbocycles. The van der Waals surface area contributed by atoms with Crippen LogP contribution in [0.4, 0.5) is 27.5 Å². The van der Waals surface area contributed by atoms with Gasteiger partial charge in [-0.3, -0.25) is 34.4 Å². The maximum Gasteiger partial charge on any atom is 0.514 e. The number of hydrogen-bond donors (Lipinski definition) is 4. The van der Waals surface area contributed by atoms with Crippen molar-refractivity contribution < 1.29 is 60.7 Å². The number of nitro groups is 2. The van der Waals surface area contributed by atoms with Crippen LogP contribution in [-0.2, 0) is 35.3 Å². The van der Waals surface area contributed by atoms with Crippen molar-refractivity contribution in [2.75, 3.05) is 58.1 Å². The first-order valence-electron chi connectivity index (χ1n) is 23.0. The summed E-state index contributed by atoms with van der Waals surface area (Å²) in [6.45, 7) is 9.83. The van der Waals surface area contributed by atoms with Crippen molar-refractivity contribution in [1.82, 2.24) is 16.0 Å². The number of nitrogens with one attached hydrogen (secondary N) is 3. The van der Waals surface area contributed by atoms with E-state index in [2.05, 4.69) is 16.0 Å². The molecule has 21 nitrogen and oxygen atoms in total. The fourth-order valence-electron chi connectivity index (χ4n) is 9.29. The van der Waals surface area contributed by atoms with Crippen LogP contribution in [0.15, 0.2) is 120 Å². The molecule has 4 N–H and O–H groups in total. The summed E-state index contributed by atoms with van der Waals surface area (Å²) in [5.74, 6) is -2.07. The number of anilines is 1. The zero-order chi connectivity index (χ0) is 53.2. The number of ketones is 1. The molecule has 3 aliphatic rings. The highest BCUT2D eigenvalue weighted by Crippen LogP contribution is 2.48. The van der Waals surface area contributed by atoms with Crippen LogP contribution in [0.5, 0.6) is 17.2 Å². The van der Waals surface area contributed by atoms with E-state index in [0.717, 1.165) is 52.1 Å². The Morgan fingerprint density at radius 2 is 1.56 bits per heavy atom. The molecule has 0 aromatic heterocycles. The molecule has 2 unspecified atom stereocenters. The monoisotopic (exact) mass is 1020 g/mol. The van der Waals surface area contributed by atoms with Crippen LogP contribution in [-0.4, -0.2) is 110 Å². The third-order valence-electron chi connectivity index (χ3n) is 13.1. The summed E-state index contributed by atoms with van der Waals surface area (Å²) >= 11 is 0. The molecule has 0 saturated heterocycles. The molecular weight excluding hydrogens is 967 g/mol. The van der Waals surface area contributed by atoms with Gasteiger partial charge in [-0.25, -0.2) is 4.79 Å². The minimum atomic E-state index is -4.75. The number of rotatable bonds is 20. The lowest BCUT2D eigenvalue weighted by Gasteiger charge is -2.31. The number of nitrogens with zero attached hydrogens (tertiary/aromatic N) is 4. The number of hydrogen-bond acceptors (Lipinski definition) is 16. The van der Waals surface area contributed by atoms with E-state index in [4.69, 9.17) is 18.9 Å². The van der Waals surface area contributed by atoms with E-state index in [9.17, 15) is 47.6 Å². The third kappa shape index (κ3) is 11.1. The number of methoxy groups -OCH3 is 1. The van der Waals surface area contributed by atoms with Gasteiger partial charge in [0.25, 0.3) is 21.5 Å². The highest BCUT2D eigenvalue weighted by Gasteiger charge is 2.47. The van der Waals surface area contributed by atoms with Crippen LogP contribution < -0.4 is 35.1 Å². The van der Waals surface area contributed by atoms with Crippen LogP contribution in [0, 0.1) is 20.2 Å². The molecule has 4 aromatic carbocycles. The van der Waals surface area contributed by atoms with Crippen molar-refractivity contribution in [3.8, 4) is 17.2 Å². The first-order valence-corrected chi connectivity index (χ1v) is 24.6. The number of Topliss-reactive ketones (excluding diaryl/α,β-unsaturated/α-hetero) is 1. The number of nitro benzene ring substituents is 2. The van der Waals surface area contributed by atoms with E-state index in [0.29, 0.717) is 0 Å². The number of allylic oxidation sites excluding steroid dienone is 5. The summed E-state index contributed by atoms with van der Waals surface area (Å²) in [5.41, 5.74) is 4.58. The van der Waals surface area contributed by atoms with E-state index < -0.39 is 66.4 Å². The van der Waals surface area contributed by atoms with Gasteiger partial charge in [-0.05, 0) is 56.7 Å². The van der Waals surface area contributed by atoms with E-state index in [-0.39, 0.29) is 77.4 Å². The normalized spacial score (nSPS) is 17.4. The molecule has 0 fully saturated rings. The summed E-state index contributed by atoms with van der Waals surface area (Å²) in [6, 6.07) is 21.3. The maximum absolute atomic E-state index is 14.4. The Balaban J connectivity index is 1.02. The second kappa shape index (κ2) is 21.0. The quantitative estimate of drug-likeness (QED) is 0.0107. The van der Waals surface area contributed by atoms with Gasteiger partial charge in [0.05, 0.1) is 45.3 Å². The molecule has 384 valence electrons. The number of benzene rings is 4. The molecular formula is C51H56N7O14S+. The minimum Gasteiger partial charge on any atom is -0.493 e. The molecule has 0 spiro atoms. The number of fused-ring (bicyclic) bond motifs is 2. The number of ether oxygens (including phenoxy) is 4. The molecule has 0 radical (unpaired) electrons. The highest BCUT2D eigenvalue weighted by atomic mass is 32.2. The van der Waals surface area contributed by atoms with Gasteiger partial charge in [0.2, 0.25) is 11.6 Å². The summed E-state index contributed by atoms with van der Waals surface area (Å²) in [5, 5.41) is 31.9. The Labute approximate surface area is 421 Å². The van der Waals surface area contributed by atoms with E-state index >= 15 is 0 Å². The minimum absolute atomic E-state index is 0.00111. The molecule has 2 heterocycles. The molecule has 4 aromatic rings. The van der Waals surface area contributed by atoms with E-state index in [1.807, 2.05) is 99.8 Å². The van der Waals surface area contributed by atoms with Crippen molar-refractivity contribution in [2.45, 2.75) is 57.6 Å². The standard InChI is InChI=1S/C51H55N7O14S/c1-30(71-49(61)72-32-19-17-31(18-20-32)57(62)63)33-25-42(69-8)43(28-41(33)58(64)65)70-24-23-52-21-22-53-48(60)38(29-73(66,67)68)54-46-34(26-44-50(2,3)36-13-9-11-15-39(36)55(44)6)47(59)35(46)27-45-51(4,5)37-14-10-12-16-40(37)56(45)7/h9-20,25-28,30,38,52H,21-24,29H2,1-8H3,(H2-,53,54,59,60,66,67,68)/p+1. The van der Waals surface area contributed by atoms with Crippen LogP contribution in [0.25, 0.3) is 0 Å². The van der Waals surface area contributed by atoms with Gasteiger partial charge in [-0.15, -0.1) is 0 Å². The Kier molecular flexibility index (Phi) is 15.2. The Morgan fingerprint density at radius 3 is 2.19 bits per heavy atom. The van der Waals surface area contributed by atoms with Gasteiger partial charge in [-0.2, -0.15) is 13.0 Å². The molecule has 22 heteroatoms. The predicted molar refractivity (Wildman–Crippen MR) is 269 cm³/mol. The van der Waals surface area contributed by atoms with Gasteiger partial charge in [0.1, 0.15) is 37.3 Å². The van der Waals surface area contributed by atoms with Gasteiger partial charge in [0.15, 0.2) is 23.0 Å². The number of para-hydroxylation sites is 2. The number of carbonyl (C=O) groups is 3. The second-order valence-electron chi connectivity index (χ2n) is 18.5. The fourth-order valence-corrected chi connectivity index (χ4v) is 9.94. The first kappa shape index (κ1) is 52.9. The van der Waals surface area contributed by atoms with Crippen molar-refractivity contribution >= 4 is 56.4 Å². The van der Waals surface area contributed by atoms with Crippen molar-refractivity contribution in [1.29, 1.82) is 0 Å². The predicted octanol–water partition coefficient (Wildman–Crippen LogP) is 6.50. The SMILES string of the molecule is COc1cc(C(C)OC(=O)Oc2ccc([N+](=O)[O-])cc2)c([N+](=O)[O-])cc1OCCNCCNC(=O)C(CS(=O)(=O)O)NC1=C(/C=C2/N(C)c3ccccc3C2(C)C)C(=O)/C1=C\C1=[N+](C)c2ccccc2C1(C)C. The Hall–Kier alpha value is -7.95. The van der Waals surface area contributed by atoms with Crippen LogP contribution in [0.1, 0.15) is 57.4 Å². The smallest absolute Gasteiger partial charge is 0.493 e. The summed E-state index contributed by atoms with van der Waals surface area (Å²) < 4.78 is 58.6. The summed E-state index contributed by atoms with van der Waals surface area (Å²) in [6.07, 6.45) is 1.11. The van der Waals surface area contributed by atoms with Crippen molar-refractivity contribution in [3.05, 3.63) is 157 Å². The third-order valence-corrected chi connectivity index (χ3v) is 13.8. The molecule has 0 bridgehead atoms. The maximum atomic E-state index is 14.4. The van der Waals surface area contributed by atoms with E-state index in [1.54, 1.807) is 12.2 Å². The largest absolute Gasteiger partial charge is 0.514 e. The molecule has 1 amide bonds. The number of likely N-dealkylation sites (N-methyl/N-ethyl adjacent to an activating group) is 1. The summed E-state index contributed by atoms with van der Waals surface area (Å²) in [7, 11) is 0.374. The van der Waals surface area contributed by atoms with Crippen LogP contribution >= 0.6 is 0 Å². The van der Waals surface area contributed by atoms with Gasteiger partial charge < -0.3 is 39.8 Å². The van der Waals surface area contributed by atoms with Crippen molar-refractivity contribution in [3.63, 3.8) is 0 Å². The van der Waals surface area contributed by atoms with Gasteiger partial charge in [0, 0.05) is 78.9 Å². The lowest BCUT2D eigenvalue weighted by Crippen LogP contribution is -2.51. The van der Waals surface area contributed by atoms with Crippen molar-refractivity contribution in [2.24, 2.45) is 0 Å². The summed E-state index contributed by atoms with van der Waals surface area (Å²) in [4.78, 5) is 64.5. The fraction of sp³-hybridized carbons (Fsp3) is 0.333. The highest BCUT2D eigenvalue weighted by molar-refractivity contribution is 7.85.